The van der Waals surface area contributed by atoms with Crippen molar-refractivity contribution in [2.75, 3.05) is 0 Å². The maximum Gasteiger partial charge on any atom is 0.341 e. The zero-order chi connectivity index (χ0) is 12.3. The molecule has 0 saturated heterocycles. The standard InChI is InChI=1S/C11H11N3O3/c1-2-14-7-8(6-13-14)17-10-9(11(15)16)4-3-5-12-10/h3-7H,2H2,1H3,(H,15,16). The summed E-state index contributed by atoms with van der Waals surface area (Å²) in [6.07, 6.45) is 4.68. The second kappa shape index (κ2) is 4.65. The van der Waals surface area contributed by atoms with E-state index in [2.05, 4.69) is 10.1 Å². The molecule has 88 valence electrons. The summed E-state index contributed by atoms with van der Waals surface area (Å²) in [6.45, 7) is 2.66. The van der Waals surface area contributed by atoms with Crippen molar-refractivity contribution < 1.29 is 14.6 Å². The molecule has 0 bridgehead atoms. The van der Waals surface area contributed by atoms with E-state index in [-0.39, 0.29) is 11.4 Å². The molecule has 0 aromatic carbocycles. The van der Waals surface area contributed by atoms with Crippen LogP contribution >= 0.6 is 0 Å². The van der Waals surface area contributed by atoms with Crippen LogP contribution in [-0.2, 0) is 6.54 Å². The number of hydrogen-bond donors (Lipinski definition) is 1. The van der Waals surface area contributed by atoms with Crippen LogP contribution in [0.5, 0.6) is 11.6 Å². The largest absolute Gasteiger partial charge is 0.477 e. The number of hydrogen-bond acceptors (Lipinski definition) is 4. The molecule has 2 aromatic heterocycles. The van der Waals surface area contributed by atoms with Crippen LogP contribution < -0.4 is 4.74 Å². The number of rotatable bonds is 4. The van der Waals surface area contributed by atoms with E-state index < -0.39 is 5.97 Å². The molecule has 17 heavy (non-hydrogen) atoms. The Balaban J connectivity index is 2.26. The summed E-state index contributed by atoms with van der Waals surface area (Å²) < 4.78 is 7.06. The second-order valence-corrected chi connectivity index (χ2v) is 3.30. The third-order valence-corrected chi connectivity index (χ3v) is 2.15. The summed E-state index contributed by atoms with van der Waals surface area (Å²) in [5.41, 5.74) is 0.0248. The van der Waals surface area contributed by atoms with Gasteiger partial charge < -0.3 is 9.84 Å². The molecule has 0 aliphatic carbocycles. The highest BCUT2D eigenvalue weighted by molar-refractivity contribution is 5.90. The molecule has 0 atom stereocenters. The van der Waals surface area contributed by atoms with Crippen molar-refractivity contribution in [3.63, 3.8) is 0 Å². The van der Waals surface area contributed by atoms with E-state index in [1.807, 2.05) is 6.92 Å². The fourth-order valence-corrected chi connectivity index (χ4v) is 1.32. The van der Waals surface area contributed by atoms with Gasteiger partial charge >= 0.3 is 5.97 Å². The summed E-state index contributed by atoms with van der Waals surface area (Å²) in [5.74, 6) is -0.542. The molecule has 0 saturated carbocycles. The van der Waals surface area contributed by atoms with Gasteiger partial charge in [0.1, 0.15) is 5.56 Å². The number of carbonyl (C=O) groups is 1. The fourth-order valence-electron chi connectivity index (χ4n) is 1.32. The van der Waals surface area contributed by atoms with Gasteiger partial charge in [0.05, 0.1) is 12.4 Å². The number of aromatic carboxylic acids is 1. The highest BCUT2D eigenvalue weighted by Crippen LogP contribution is 2.22. The summed E-state index contributed by atoms with van der Waals surface area (Å²) in [7, 11) is 0. The monoisotopic (exact) mass is 233 g/mol. The first-order valence-corrected chi connectivity index (χ1v) is 5.09. The molecule has 2 heterocycles. The topological polar surface area (TPSA) is 77.2 Å². The maximum absolute atomic E-state index is 10.9. The van der Waals surface area contributed by atoms with Crippen molar-refractivity contribution in [1.29, 1.82) is 0 Å². The fraction of sp³-hybridized carbons (Fsp3) is 0.182. The highest BCUT2D eigenvalue weighted by Gasteiger charge is 2.13. The van der Waals surface area contributed by atoms with E-state index in [0.717, 1.165) is 6.54 Å². The molecule has 0 aliphatic heterocycles. The van der Waals surface area contributed by atoms with Crippen molar-refractivity contribution >= 4 is 5.97 Å². The molecule has 0 spiro atoms. The molecule has 2 aromatic rings. The number of carboxylic acids is 1. The number of pyridine rings is 1. The van der Waals surface area contributed by atoms with E-state index in [4.69, 9.17) is 9.84 Å². The highest BCUT2D eigenvalue weighted by atomic mass is 16.5. The second-order valence-electron chi connectivity index (χ2n) is 3.30. The Morgan fingerprint density at radius 3 is 3.06 bits per heavy atom. The van der Waals surface area contributed by atoms with Gasteiger partial charge in [0.15, 0.2) is 5.75 Å². The quantitative estimate of drug-likeness (QED) is 0.871. The van der Waals surface area contributed by atoms with E-state index in [1.165, 1.54) is 18.5 Å². The van der Waals surface area contributed by atoms with Crippen LogP contribution in [0.2, 0.25) is 0 Å². The van der Waals surface area contributed by atoms with Crippen LogP contribution in [0.25, 0.3) is 0 Å². The first kappa shape index (κ1) is 11.1. The van der Waals surface area contributed by atoms with Gasteiger partial charge in [-0.15, -0.1) is 0 Å². The zero-order valence-corrected chi connectivity index (χ0v) is 9.20. The molecule has 0 amide bonds. The van der Waals surface area contributed by atoms with Gasteiger partial charge in [-0.2, -0.15) is 5.10 Å². The lowest BCUT2D eigenvalue weighted by Gasteiger charge is -2.04. The van der Waals surface area contributed by atoms with Gasteiger partial charge in [0.25, 0.3) is 0 Å². The van der Waals surface area contributed by atoms with Crippen molar-refractivity contribution in [3.8, 4) is 11.6 Å². The van der Waals surface area contributed by atoms with E-state index in [0.29, 0.717) is 5.75 Å². The first-order chi connectivity index (χ1) is 8.20. The van der Waals surface area contributed by atoms with E-state index in [1.54, 1.807) is 16.9 Å². The van der Waals surface area contributed by atoms with Crippen LogP contribution in [0, 0.1) is 0 Å². The molecular weight excluding hydrogens is 222 g/mol. The first-order valence-electron chi connectivity index (χ1n) is 5.09. The molecule has 0 radical (unpaired) electrons. The van der Waals surface area contributed by atoms with Crippen LogP contribution in [-0.4, -0.2) is 25.8 Å². The summed E-state index contributed by atoms with van der Waals surface area (Å²) in [6, 6.07) is 2.99. The van der Waals surface area contributed by atoms with Crippen molar-refractivity contribution in [1.82, 2.24) is 14.8 Å². The van der Waals surface area contributed by atoms with Crippen LogP contribution in [0.4, 0.5) is 0 Å². The summed E-state index contributed by atoms with van der Waals surface area (Å²) in [4.78, 5) is 14.8. The lowest BCUT2D eigenvalue weighted by atomic mass is 10.3. The molecule has 0 unspecified atom stereocenters. The van der Waals surface area contributed by atoms with Crippen molar-refractivity contribution in [2.24, 2.45) is 0 Å². The summed E-state index contributed by atoms with van der Waals surface area (Å²) >= 11 is 0. The molecule has 6 nitrogen and oxygen atoms in total. The SMILES string of the molecule is CCn1cc(Oc2ncccc2C(=O)O)cn1. The normalized spacial score (nSPS) is 10.2. The Morgan fingerprint density at radius 2 is 2.41 bits per heavy atom. The molecule has 6 heteroatoms. The molecule has 0 fully saturated rings. The minimum atomic E-state index is -1.07. The Morgan fingerprint density at radius 1 is 1.59 bits per heavy atom. The molecule has 0 aliphatic rings. The van der Waals surface area contributed by atoms with Gasteiger partial charge in [-0.25, -0.2) is 9.78 Å². The predicted molar refractivity (Wildman–Crippen MR) is 59.2 cm³/mol. The third-order valence-electron chi connectivity index (χ3n) is 2.15. The van der Waals surface area contributed by atoms with Crippen molar-refractivity contribution in [3.05, 3.63) is 36.3 Å². The maximum atomic E-state index is 10.9. The number of ether oxygens (including phenoxy) is 1. The number of aromatic nitrogens is 3. The van der Waals surface area contributed by atoms with Gasteiger partial charge in [-0.1, -0.05) is 0 Å². The Bertz CT molecular complexity index is 536. The van der Waals surface area contributed by atoms with Crippen molar-refractivity contribution in [2.45, 2.75) is 13.5 Å². The van der Waals surface area contributed by atoms with Gasteiger partial charge in [-0.3, -0.25) is 4.68 Å². The predicted octanol–water partition coefficient (Wildman–Crippen LogP) is 1.79. The van der Waals surface area contributed by atoms with Crippen LogP contribution in [0.1, 0.15) is 17.3 Å². The van der Waals surface area contributed by atoms with Crippen LogP contribution in [0.3, 0.4) is 0 Å². The minimum Gasteiger partial charge on any atom is -0.477 e. The smallest absolute Gasteiger partial charge is 0.341 e. The van der Waals surface area contributed by atoms with Gasteiger partial charge in [0, 0.05) is 12.7 Å². The lowest BCUT2D eigenvalue weighted by Crippen LogP contribution is -2.01. The lowest BCUT2D eigenvalue weighted by molar-refractivity contribution is 0.0693. The average molecular weight is 233 g/mol. The summed E-state index contributed by atoms with van der Waals surface area (Å²) in [5, 5.41) is 13.0. The molecule has 2 rings (SSSR count). The minimum absolute atomic E-state index is 0.0248. The van der Waals surface area contributed by atoms with E-state index >= 15 is 0 Å². The number of aryl methyl sites for hydroxylation is 1. The third kappa shape index (κ3) is 2.41. The Kier molecular flexibility index (Phi) is 3.04. The average Bonchev–Trinajstić information content (AvgIpc) is 2.77. The number of carboxylic acid groups (broad SMARTS) is 1. The van der Waals surface area contributed by atoms with E-state index in [9.17, 15) is 4.79 Å². The Hall–Kier alpha value is -2.37. The molecular formula is C11H11N3O3. The zero-order valence-electron chi connectivity index (χ0n) is 9.20. The molecule has 1 N–H and O–H groups in total. The van der Waals surface area contributed by atoms with Gasteiger partial charge in [0.2, 0.25) is 5.88 Å². The van der Waals surface area contributed by atoms with Crippen LogP contribution in [0.15, 0.2) is 30.7 Å². The Labute approximate surface area is 97.5 Å². The number of nitrogens with zero attached hydrogens (tertiary/aromatic N) is 3. The van der Waals surface area contributed by atoms with Gasteiger partial charge in [-0.05, 0) is 19.1 Å².